The molecular weight excluding hydrogens is 220 g/mol. The van der Waals surface area contributed by atoms with E-state index in [1.165, 1.54) is 4.90 Å². The van der Waals surface area contributed by atoms with Gasteiger partial charge in [-0.05, 0) is 27.2 Å². The van der Waals surface area contributed by atoms with E-state index in [-0.39, 0.29) is 30.6 Å². The molecular formula is C12H24N2O3. The van der Waals surface area contributed by atoms with E-state index in [9.17, 15) is 9.59 Å². The first kappa shape index (κ1) is 15.9. The molecule has 0 aliphatic rings. The first-order chi connectivity index (χ1) is 7.76. The fourth-order valence-electron chi connectivity index (χ4n) is 1.01. The van der Waals surface area contributed by atoms with Crippen LogP contribution in [0.15, 0.2) is 0 Å². The Morgan fingerprint density at radius 1 is 1.29 bits per heavy atom. The third-order valence-electron chi connectivity index (χ3n) is 2.01. The molecule has 0 aromatic rings. The number of hydrogen-bond donors (Lipinski definition) is 1. The minimum Gasteiger partial charge on any atom is -0.366 e. The first-order valence-electron chi connectivity index (χ1n) is 5.91. The lowest BCUT2D eigenvalue weighted by molar-refractivity contribution is -0.142. The highest BCUT2D eigenvalue weighted by atomic mass is 16.5. The molecule has 100 valence electrons. The molecule has 0 fully saturated rings. The maximum atomic E-state index is 11.6. The summed E-state index contributed by atoms with van der Waals surface area (Å²) in [5.41, 5.74) is -0.346. The summed E-state index contributed by atoms with van der Waals surface area (Å²) in [5.74, 6) is -0.329. The Labute approximate surface area is 103 Å². The summed E-state index contributed by atoms with van der Waals surface area (Å²) >= 11 is 0. The van der Waals surface area contributed by atoms with Crippen LogP contribution in [0.25, 0.3) is 0 Å². The number of amides is 2. The maximum absolute atomic E-state index is 11.6. The van der Waals surface area contributed by atoms with Crippen molar-refractivity contribution in [2.75, 3.05) is 26.7 Å². The average molecular weight is 244 g/mol. The number of hydrogen-bond acceptors (Lipinski definition) is 3. The normalized spacial score (nSPS) is 11.1. The molecule has 0 atom stereocenters. The number of carbonyl (C=O) groups excluding carboxylic acids is 2. The van der Waals surface area contributed by atoms with Gasteiger partial charge in [0, 0.05) is 13.6 Å². The van der Waals surface area contributed by atoms with Crippen molar-refractivity contribution in [3.05, 3.63) is 0 Å². The van der Waals surface area contributed by atoms with E-state index in [2.05, 4.69) is 5.32 Å². The molecule has 0 spiro atoms. The van der Waals surface area contributed by atoms with Gasteiger partial charge in [0.15, 0.2) is 0 Å². The molecule has 0 unspecified atom stereocenters. The fourth-order valence-corrected chi connectivity index (χ4v) is 1.01. The van der Waals surface area contributed by atoms with Crippen LogP contribution in [0.3, 0.4) is 0 Å². The van der Waals surface area contributed by atoms with Gasteiger partial charge in [-0.15, -0.1) is 0 Å². The van der Waals surface area contributed by atoms with Gasteiger partial charge >= 0.3 is 0 Å². The molecule has 0 saturated carbocycles. The van der Waals surface area contributed by atoms with Crippen LogP contribution in [0.5, 0.6) is 0 Å². The topological polar surface area (TPSA) is 58.6 Å². The highest BCUT2D eigenvalue weighted by molar-refractivity contribution is 5.85. The maximum Gasteiger partial charge on any atom is 0.248 e. The van der Waals surface area contributed by atoms with Crippen LogP contribution < -0.4 is 5.32 Å². The lowest BCUT2D eigenvalue weighted by atomic mass is 10.2. The fraction of sp³-hybridized carbons (Fsp3) is 0.833. The smallest absolute Gasteiger partial charge is 0.248 e. The molecule has 0 aliphatic carbocycles. The average Bonchev–Trinajstić information content (AvgIpc) is 2.21. The van der Waals surface area contributed by atoms with E-state index in [0.29, 0.717) is 6.54 Å². The number of nitrogens with zero attached hydrogens (tertiary/aromatic N) is 1. The minimum absolute atomic E-state index is 0.00105. The predicted molar refractivity (Wildman–Crippen MR) is 66.6 cm³/mol. The summed E-state index contributed by atoms with van der Waals surface area (Å²) in [4.78, 5) is 24.4. The number of nitrogens with one attached hydrogen (secondary N) is 1. The van der Waals surface area contributed by atoms with E-state index in [1.54, 1.807) is 7.05 Å². The molecule has 17 heavy (non-hydrogen) atoms. The zero-order valence-corrected chi connectivity index (χ0v) is 11.5. The van der Waals surface area contributed by atoms with Crippen LogP contribution >= 0.6 is 0 Å². The van der Waals surface area contributed by atoms with Crippen LogP contribution in [0, 0.1) is 0 Å². The highest BCUT2D eigenvalue weighted by Gasteiger charge is 2.17. The molecule has 0 bridgehead atoms. The molecule has 0 heterocycles. The predicted octanol–water partition coefficient (Wildman–Crippen LogP) is 0.786. The number of rotatable bonds is 6. The van der Waals surface area contributed by atoms with E-state index in [4.69, 9.17) is 4.74 Å². The molecule has 1 N–H and O–H groups in total. The molecule has 0 saturated heterocycles. The molecule has 5 heteroatoms. The van der Waals surface area contributed by atoms with Gasteiger partial charge in [-0.2, -0.15) is 0 Å². The van der Waals surface area contributed by atoms with E-state index < -0.39 is 0 Å². The number of likely N-dealkylation sites (N-methyl/N-ethyl adjacent to an activating group) is 1. The Morgan fingerprint density at radius 2 is 1.88 bits per heavy atom. The Hall–Kier alpha value is -1.10. The van der Waals surface area contributed by atoms with Crippen LogP contribution in [-0.2, 0) is 14.3 Å². The van der Waals surface area contributed by atoms with Crippen molar-refractivity contribution in [3.63, 3.8) is 0 Å². The monoisotopic (exact) mass is 244 g/mol. The highest BCUT2D eigenvalue weighted by Crippen LogP contribution is 2.06. The zero-order valence-electron chi connectivity index (χ0n) is 11.5. The second kappa shape index (κ2) is 7.27. The van der Waals surface area contributed by atoms with Gasteiger partial charge in [0.25, 0.3) is 0 Å². The van der Waals surface area contributed by atoms with E-state index in [1.807, 2.05) is 27.7 Å². The van der Waals surface area contributed by atoms with Crippen LogP contribution in [-0.4, -0.2) is 49.1 Å². The summed E-state index contributed by atoms with van der Waals surface area (Å²) in [7, 11) is 1.60. The van der Waals surface area contributed by atoms with Gasteiger partial charge in [0.2, 0.25) is 11.8 Å². The molecule has 5 nitrogen and oxygen atoms in total. The third kappa shape index (κ3) is 8.68. The summed E-state index contributed by atoms with van der Waals surface area (Å²) < 4.78 is 5.35. The standard InChI is InChI=1S/C12H24N2O3/c1-6-7-13-10(15)8-14(5)11(16)9-17-12(2,3)4/h6-9H2,1-5H3,(H,13,15). The lowest BCUT2D eigenvalue weighted by Gasteiger charge is -2.22. The summed E-state index contributed by atoms with van der Waals surface area (Å²) in [6, 6.07) is 0. The Kier molecular flexibility index (Phi) is 6.80. The molecule has 2 amide bonds. The SMILES string of the molecule is CCCNC(=O)CN(C)C(=O)COC(C)(C)C. The first-order valence-corrected chi connectivity index (χ1v) is 5.91. The minimum atomic E-state index is -0.346. The summed E-state index contributed by atoms with van der Waals surface area (Å²) in [6.45, 7) is 8.34. The zero-order chi connectivity index (χ0) is 13.5. The third-order valence-corrected chi connectivity index (χ3v) is 2.01. The van der Waals surface area contributed by atoms with Crippen molar-refractivity contribution >= 4 is 11.8 Å². The van der Waals surface area contributed by atoms with Crippen molar-refractivity contribution in [1.82, 2.24) is 10.2 Å². The van der Waals surface area contributed by atoms with Gasteiger partial charge in [0.1, 0.15) is 6.61 Å². The van der Waals surface area contributed by atoms with Crippen molar-refractivity contribution in [2.24, 2.45) is 0 Å². The molecule has 0 aliphatic heterocycles. The van der Waals surface area contributed by atoms with Crippen LogP contribution in [0.1, 0.15) is 34.1 Å². The Morgan fingerprint density at radius 3 is 2.35 bits per heavy atom. The Balaban J connectivity index is 3.93. The van der Waals surface area contributed by atoms with Gasteiger partial charge in [0.05, 0.1) is 12.1 Å². The number of ether oxygens (including phenoxy) is 1. The van der Waals surface area contributed by atoms with E-state index in [0.717, 1.165) is 6.42 Å². The lowest BCUT2D eigenvalue weighted by Crippen LogP contribution is -2.41. The van der Waals surface area contributed by atoms with Gasteiger partial charge in [-0.25, -0.2) is 0 Å². The van der Waals surface area contributed by atoms with Crippen LogP contribution in [0.2, 0.25) is 0 Å². The quantitative estimate of drug-likeness (QED) is 0.751. The largest absolute Gasteiger partial charge is 0.366 e. The molecule has 0 aromatic carbocycles. The van der Waals surface area contributed by atoms with Gasteiger partial charge in [-0.3, -0.25) is 9.59 Å². The van der Waals surface area contributed by atoms with Crippen molar-refractivity contribution < 1.29 is 14.3 Å². The molecule has 0 rings (SSSR count). The number of carbonyl (C=O) groups is 2. The summed E-state index contributed by atoms with van der Waals surface area (Å²) in [5, 5.41) is 2.72. The van der Waals surface area contributed by atoms with Crippen LogP contribution in [0.4, 0.5) is 0 Å². The molecule has 0 aromatic heterocycles. The second-order valence-corrected chi connectivity index (χ2v) is 5.00. The second-order valence-electron chi connectivity index (χ2n) is 5.00. The van der Waals surface area contributed by atoms with Crippen molar-refractivity contribution in [2.45, 2.75) is 39.7 Å². The van der Waals surface area contributed by atoms with Crippen molar-refractivity contribution in [1.29, 1.82) is 0 Å². The Bertz CT molecular complexity index is 259. The van der Waals surface area contributed by atoms with Crippen molar-refractivity contribution in [3.8, 4) is 0 Å². The van der Waals surface area contributed by atoms with E-state index >= 15 is 0 Å². The molecule has 0 radical (unpaired) electrons. The summed E-state index contributed by atoms with van der Waals surface area (Å²) in [6.07, 6.45) is 0.885. The van der Waals surface area contributed by atoms with Gasteiger partial charge < -0.3 is 15.0 Å². The van der Waals surface area contributed by atoms with Gasteiger partial charge in [-0.1, -0.05) is 6.92 Å².